The Balaban J connectivity index is 2.50. The van der Waals surface area contributed by atoms with E-state index in [0.29, 0.717) is 11.7 Å². The van der Waals surface area contributed by atoms with Crippen molar-refractivity contribution in [3.8, 4) is 0 Å². The van der Waals surface area contributed by atoms with Gasteiger partial charge in [-0.2, -0.15) is 0 Å². The second-order valence-electron chi connectivity index (χ2n) is 7.74. The molecule has 1 atom stereocenters. The lowest BCUT2D eigenvalue weighted by Crippen LogP contribution is -2.43. The Kier molecular flexibility index (Phi) is 4.76. The summed E-state index contributed by atoms with van der Waals surface area (Å²) >= 11 is 0. The second kappa shape index (κ2) is 5.98. The molecule has 22 heavy (non-hydrogen) atoms. The van der Waals surface area contributed by atoms with Crippen LogP contribution in [-0.2, 0) is 9.92 Å². The number of benzene rings is 1. The molecule has 0 bridgehead atoms. The Morgan fingerprint density at radius 3 is 2.18 bits per heavy atom. The summed E-state index contributed by atoms with van der Waals surface area (Å²) in [5.41, 5.74) is 6.45. The molecule has 1 fully saturated rings. The monoisotopic (exact) mass is 339 g/mol. The first-order valence-corrected chi connectivity index (χ1v) is 12.4. The van der Waals surface area contributed by atoms with E-state index in [1.165, 1.54) is 6.42 Å². The predicted molar refractivity (Wildman–Crippen MR) is 97.7 cm³/mol. The van der Waals surface area contributed by atoms with E-state index in [2.05, 4.69) is 38.6 Å². The molecule has 1 aliphatic carbocycles. The lowest BCUT2D eigenvalue weighted by atomic mass is 9.94. The smallest absolute Gasteiger partial charge is 0.195 e. The summed E-state index contributed by atoms with van der Waals surface area (Å²) in [6.07, 6.45) is 3.37. The zero-order chi connectivity index (χ0) is 16.6. The molecular weight excluding hydrogens is 310 g/mol. The molecule has 1 saturated carbocycles. The van der Waals surface area contributed by atoms with Crippen LogP contribution in [0.2, 0.25) is 18.1 Å². The van der Waals surface area contributed by atoms with Gasteiger partial charge in [-0.1, -0.05) is 27.2 Å². The summed E-state index contributed by atoms with van der Waals surface area (Å²) in [5.74, 6) is 0. The van der Waals surface area contributed by atoms with E-state index in [-0.39, 0.29) is 5.04 Å². The van der Waals surface area contributed by atoms with Gasteiger partial charge in [0.2, 0.25) is 0 Å². The third-order valence-corrected chi connectivity index (χ3v) is 12.9. The SMILES string of the molecule is CC(C)(C)[Si](C)(C)N=[S@](=O)(NC1CCC1)c1ccc(N)cc1. The van der Waals surface area contributed by atoms with Crippen molar-refractivity contribution in [2.75, 3.05) is 5.73 Å². The molecule has 0 spiro atoms. The third-order valence-electron chi connectivity index (χ3n) is 4.82. The summed E-state index contributed by atoms with van der Waals surface area (Å²) < 4.78 is 22.0. The molecule has 0 amide bonds. The Morgan fingerprint density at radius 1 is 1.23 bits per heavy atom. The van der Waals surface area contributed by atoms with E-state index >= 15 is 0 Å². The molecule has 0 radical (unpaired) electrons. The highest BCUT2D eigenvalue weighted by atomic mass is 32.2. The third kappa shape index (κ3) is 3.72. The van der Waals surface area contributed by atoms with Gasteiger partial charge in [-0.05, 0) is 55.2 Å². The molecule has 4 nitrogen and oxygen atoms in total. The number of hydrogen-bond donors (Lipinski definition) is 2. The van der Waals surface area contributed by atoms with Crippen molar-refractivity contribution in [3.05, 3.63) is 24.3 Å². The summed E-state index contributed by atoms with van der Waals surface area (Å²) in [7, 11) is -4.64. The Labute approximate surface area is 136 Å². The van der Waals surface area contributed by atoms with Crippen molar-refractivity contribution in [1.29, 1.82) is 0 Å². The second-order valence-corrected chi connectivity index (χ2v) is 14.8. The van der Waals surface area contributed by atoms with Crippen molar-refractivity contribution in [2.45, 2.75) is 69.1 Å². The first-order valence-electron chi connectivity index (χ1n) is 7.95. The molecule has 0 aliphatic heterocycles. The minimum Gasteiger partial charge on any atom is -0.399 e. The van der Waals surface area contributed by atoms with Crippen LogP contribution in [0.25, 0.3) is 0 Å². The maximum absolute atomic E-state index is 13.7. The van der Waals surface area contributed by atoms with Crippen molar-refractivity contribution < 1.29 is 4.21 Å². The quantitative estimate of drug-likeness (QED) is 0.639. The number of nitrogen functional groups attached to an aromatic ring is 1. The summed E-state index contributed by atoms with van der Waals surface area (Å²) in [6, 6.07) is 7.62. The van der Waals surface area contributed by atoms with Crippen LogP contribution in [0.15, 0.2) is 33.2 Å². The average molecular weight is 340 g/mol. The van der Waals surface area contributed by atoms with Crippen molar-refractivity contribution in [1.82, 2.24) is 4.72 Å². The van der Waals surface area contributed by atoms with Gasteiger partial charge >= 0.3 is 0 Å². The van der Waals surface area contributed by atoms with Crippen LogP contribution < -0.4 is 10.5 Å². The predicted octanol–water partition coefficient (Wildman–Crippen LogP) is 4.16. The molecule has 6 heteroatoms. The fourth-order valence-electron chi connectivity index (χ4n) is 2.01. The molecule has 0 aromatic heterocycles. The van der Waals surface area contributed by atoms with E-state index in [4.69, 9.17) is 9.76 Å². The highest BCUT2D eigenvalue weighted by Gasteiger charge is 2.38. The zero-order valence-electron chi connectivity index (χ0n) is 14.3. The van der Waals surface area contributed by atoms with Crippen molar-refractivity contribution >= 4 is 23.8 Å². The molecule has 124 valence electrons. The summed E-state index contributed by atoms with van der Waals surface area (Å²) in [6.45, 7) is 10.9. The molecule has 1 aromatic rings. The van der Waals surface area contributed by atoms with E-state index in [0.717, 1.165) is 17.7 Å². The maximum atomic E-state index is 13.7. The normalized spacial score (nSPS) is 19.3. The van der Waals surface area contributed by atoms with Crippen LogP contribution in [-0.4, -0.2) is 18.5 Å². The summed E-state index contributed by atoms with van der Waals surface area (Å²) in [5, 5.41) is 0.0603. The van der Waals surface area contributed by atoms with Gasteiger partial charge in [0.1, 0.15) is 9.92 Å². The van der Waals surface area contributed by atoms with Crippen LogP contribution in [0.4, 0.5) is 5.69 Å². The van der Waals surface area contributed by atoms with Crippen LogP contribution in [0.3, 0.4) is 0 Å². The van der Waals surface area contributed by atoms with Gasteiger partial charge in [-0.3, -0.25) is 4.03 Å². The molecular formula is C16H29N3OSSi. The average Bonchev–Trinajstić information content (AvgIpc) is 2.33. The fraction of sp³-hybridized carbons (Fsp3) is 0.625. The van der Waals surface area contributed by atoms with Gasteiger partial charge in [0.25, 0.3) is 0 Å². The van der Waals surface area contributed by atoms with E-state index in [1.807, 2.05) is 12.1 Å². The molecule has 1 aromatic carbocycles. The molecule has 0 heterocycles. The van der Waals surface area contributed by atoms with Crippen molar-refractivity contribution in [3.63, 3.8) is 0 Å². The van der Waals surface area contributed by atoms with Gasteiger partial charge in [0, 0.05) is 11.7 Å². The number of nitrogens with two attached hydrogens (primary N) is 1. The lowest BCUT2D eigenvalue weighted by Gasteiger charge is -2.35. The van der Waals surface area contributed by atoms with E-state index in [1.54, 1.807) is 12.1 Å². The number of rotatable bonds is 4. The molecule has 2 rings (SSSR count). The number of hydrogen-bond acceptors (Lipinski definition) is 3. The minimum atomic E-state index is -2.60. The zero-order valence-corrected chi connectivity index (χ0v) is 16.2. The molecule has 1 aliphatic rings. The first kappa shape index (κ1) is 17.5. The maximum Gasteiger partial charge on any atom is 0.195 e. The first-order chi connectivity index (χ1) is 10.0. The number of nitrogens with zero attached hydrogens (tertiary/aromatic N) is 1. The van der Waals surface area contributed by atoms with Gasteiger partial charge in [0.05, 0.1) is 4.90 Å². The van der Waals surface area contributed by atoms with E-state index in [9.17, 15) is 4.21 Å². The van der Waals surface area contributed by atoms with Gasteiger partial charge in [0.15, 0.2) is 8.24 Å². The Bertz CT molecular complexity index is 636. The van der Waals surface area contributed by atoms with Crippen molar-refractivity contribution in [2.24, 2.45) is 4.03 Å². The topological polar surface area (TPSA) is 67.5 Å². The fourth-order valence-corrected chi connectivity index (χ4v) is 7.64. The molecule has 0 saturated heterocycles. The van der Waals surface area contributed by atoms with Crippen LogP contribution >= 0.6 is 0 Å². The Morgan fingerprint density at radius 2 is 1.77 bits per heavy atom. The van der Waals surface area contributed by atoms with Crippen LogP contribution in [0.1, 0.15) is 40.0 Å². The number of anilines is 1. The minimum absolute atomic E-state index is 0.0603. The van der Waals surface area contributed by atoms with Gasteiger partial charge in [-0.15, -0.1) is 0 Å². The van der Waals surface area contributed by atoms with Crippen LogP contribution in [0, 0.1) is 0 Å². The highest BCUT2D eigenvalue weighted by Crippen LogP contribution is 2.38. The lowest BCUT2D eigenvalue weighted by molar-refractivity contribution is 0.389. The highest BCUT2D eigenvalue weighted by molar-refractivity contribution is 7.92. The summed E-state index contributed by atoms with van der Waals surface area (Å²) in [4.78, 5) is 0.749. The van der Waals surface area contributed by atoms with Gasteiger partial charge in [-0.25, -0.2) is 8.93 Å². The Hall–Kier alpha value is -0.853. The van der Waals surface area contributed by atoms with Crippen LogP contribution in [0.5, 0.6) is 0 Å². The standard InChI is InChI=1S/C16H29N3OSSi/c1-16(2,3)22(4,5)19-21(20,18-14-7-6-8-14)15-11-9-13(17)10-12-15/h9-12,14H,6-8,17H2,1-5H3,(H,18,19,20)/t21-/m1/s1. The number of nitrogens with one attached hydrogen (secondary N) is 1. The molecule has 0 unspecified atom stereocenters. The largest absolute Gasteiger partial charge is 0.399 e. The molecule has 3 N–H and O–H groups in total. The van der Waals surface area contributed by atoms with Gasteiger partial charge < -0.3 is 5.73 Å². The van der Waals surface area contributed by atoms with E-state index < -0.39 is 18.2 Å².